The molecule has 0 aromatic carbocycles. The number of nitro groups is 1. The molecule has 1 unspecified atom stereocenters. The van der Waals surface area contributed by atoms with E-state index < -0.39 is 0 Å². The van der Waals surface area contributed by atoms with Gasteiger partial charge < -0.3 is 10.2 Å². The maximum atomic E-state index is 11.2. The Hall–Kier alpha value is -1.63. The minimum Gasteiger partial charge on any atom is -0.361 e. The minimum atomic E-state index is -0.345. The van der Waals surface area contributed by atoms with Crippen LogP contribution < -0.4 is 5.32 Å². The van der Waals surface area contributed by atoms with E-state index in [9.17, 15) is 10.1 Å². The summed E-state index contributed by atoms with van der Waals surface area (Å²) in [5.41, 5.74) is 0.657. The molecule has 0 saturated carbocycles. The summed E-state index contributed by atoms with van der Waals surface area (Å²) < 4.78 is 1.56. The molecule has 0 bridgehead atoms. The standard InChI is InChI=1S/C12H23N5O2/c1-6-7-10-11(17(18)19)12(16(5)14-10)13-9(2)8-15(3)4/h9,13H,6-8H2,1-5H3. The summed E-state index contributed by atoms with van der Waals surface area (Å²) in [7, 11) is 5.67. The first-order valence-corrected chi connectivity index (χ1v) is 6.48. The molecule has 0 aliphatic rings. The molecule has 1 aromatic heterocycles. The Balaban J connectivity index is 3.01. The molecule has 1 N–H and O–H groups in total. The minimum absolute atomic E-state index is 0.106. The number of hydrogen-bond donors (Lipinski definition) is 1. The Morgan fingerprint density at radius 1 is 1.53 bits per heavy atom. The second-order valence-corrected chi connectivity index (χ2v) is 5.08. The van der Waals surface area contributed by atoms with E-state index >= 15 is 0 Å². The van der Waals surface area contributed by atoms with E-state index in [1.54, 1.807) is 11.7 Å². The average Bonchev–Trinajstić information content (AvgIpc) is 2.54. The van der Waals surface area contributed by atoms with Crippen molar-refractivity contribution in [3.05, 3.63) is 15.8 Å². The van der Waals surface area contributed by atoms with E-state index in [1.807, 2.05) is 32.8 Å². The van der Waals surface area contributed by atoms with Gasteiger partial charge in [0.15, 0.2) is 0 Å². The molecule has 108 valence electrons. The number of nitrogens with one attached hydrogen (secondary N) is 1. The van der Waals surface area contributed by atoms with Gasteiger partial charge in [0.25, 0.3) is 0 Å². The van der Waals surface area contributed by atoms with Crippen LogP contribution in [0.1, 0.15) is 26.0 Å². The molecule has 1 aromatic rings. The zero-order valence-electron chi connectivity index (χ0n) is 12.3. The van der Waals surface area contributed by atoms with Crippen molar-refractivity contribution >= 4 is 11.5 Å². The monoisotopic (exact) mass is 269 g/mol. The smallest absolute Gasteiger partial charge is 0.333 e. The van der Waals surface area contributed by atoms with E-state index in [0.29, 0.717) is 17.9 Å². The van der Waals surface area contributed by atoms with Gasteiger partial charge >= 0.3 is 5.69 Å². The van der Waals surface area contributed by atoms with Gasteiger partial charge in [0.1, 0.15) is 5.69 Å². The van der Waals surface area contributed by atoms with Crippen molar-refractivity contribution in [3.63, 3.8) is 0 Å². The molecule has 1 heterocycles. The normalized spacial score (nSPS) is 12.7. The van der Waals surface area contributed by atoms with Crippen molar-refractivity contribution in [2.75, 3.05) is 26.0 Å². The van der Waals surface area contributed by atoms with Gasteiger partial charge in [-0.1, -0.05) is 13.3 Å². The predicted molar refractivity (Wildman–Crippen MR) is 75.5 cm³/mol. The lowest BCUT2D eigenvalue weighted by Crippen LogP contribution is -2.30. The lowest BCUT2D eigenvalue weighted by atomic mass is 10.2. The molecule has 19 heavy (non-hydrogen) atoms. The largest absolute Gasteiger partial charge is 0.361 e. The van der Waals surface area contributed by atoms with Crippen LogP contribution in [-0.4, -0.2) is 46.3 Å². The lowest BCUT2D eigenvalue weighted by Gasteiger charge is -2.18. The third-order valence-corrected chi connectivity index (χ3v) is 2.78. The fourth-order valence-corrected chi connectivity index (χ4v) is 2.15. The maximum absolute atomic E-state index is 11.2. The third kappa shape index (κ3) is 3.92. The number of anilines is 1. The van der Waals surface area contributed by atoms with E-state index in [1.165, 1.54) is 0 Å². The van der Waals surface area contributed by atoms with Crippen LogP contribution in [0.5, 0.6) is 0 Å². The van der Waals surface area contributed by atoms with Crippen LogP contribution in [0.3, 0.4) is 0 Å². The van der Waals surface area contributed by atoms with Gasteiger partial charge in [-0.25, -0.2) is 4.68 Å². The summed E-state index contributed by atoms with van der Waals surface area (Å²) in [5.74, 6) is 0.489. The Morgan fingerprint density at radius 2 is 2.16 bits per heavy atom. The van der Waals surface area contributed by atoms with Crippen LogP contribution in [0.4, 0.5) is 11.5 Å². The molecule has 0 saturated heterocycles. The molecule has 0 fully saturated rings. The van der Waals surface area contributed by atoms with Gasteiger partial charge in [-0.15, -0.1) is 0 Å². The third-order valence-electron chi connectivity index (χ3n) is 2.78. The van der Waals surface area contributed by atoms with Crippen LogP contribution in [-0.2, 0) is 13.5 Å². The first-order valence-electron chi connectivity index (χ1n) is 6.48. The van der Waals surface area contributed by atoms with E-state index in [0.717, 1.165) is 13.0 Å². The summed E-state index contributed by atoms with van der Waals surface area (Å²) in [4.78, 5) is 12.9. The van der Waals surface area contributed by atoms with E-state index in [4.69, 9.17) is 0 Å². The van der Waals surface area contributed by atoms with Gasteiger partial charge in [-0.3, -0.25) is 10.1 Å². The molecule has 7 nitrogen and oxygen atoms in total. The molecular formula is C12H23N5O2. The van der Waals surface area contributed by atoms with Crippen LogP contribution in [0.2, 0.25) is 0 Å². The molecule has 0 spiro atoms. The molecule has 1 rings (SSSR count). The van der Waals surface area contributed by atoms with E-state index in [-0.39, 0.29) is 16.7 Å². The fourth-order valence-electron chi connectivity index (χ4n) is 2.15. The van der Waals surface area contributed by atoms with Gasteiger partial charge in [0, 0.05) is 19.6 Å². The zero-order chi connectivity index (χ0) is 14.6. The van der Waals surface area contributed by atoms with Crippen LogP contribution >= 0.6 is 0 Å². The Bertz CT molecular complexity index is 442. The summed E-state index contributed by atoms with van der Waals surface area (Å²) in [6.07, 6.45) is 1.46. The first kappa shape index (κ1) is 15.4. The van der Waals surface area contributed by atoms with Crippen molar-refractivity contribution in [1.82, 2.24) is 14.7 Å². The van der Waals surface area contributed by atoms with Gasteiger partial charge in [-0.05, 0) is 27.4 Å². The number of rotatable bonds is 7. The highest BCUT2D eigenvalue weighted by atomic mass is 16.6. The molecule has 0 radical (unpaired) electrons. The second-order valence-electron chi connectivity index (χ2n) is 5.08. The second kappa shape index (κ2) is 6.51. The Morgan fingerprint density at radius 3 is 2.63 bits per heavy atom. The lowest BCUT2D eigenvalue weighted by molar-refractivity contribution is -0.384. The quantitative estimate of drug-likeness (QED) is 0.601. The number of hydrogen-bond acceptors (Lipinski definition) is 5. The highest BCUT2D eigenvalue weighted by molar-refractivity contribution is 5.60. The van der Waals surface area contributed by atoms with Crippen LogP contribution in [0.15, 0.2) is 0 Å². The van der Waals surface area contributed by atoms with Crippen LogP contribution in [0.25, 0.3) is 0 Å². The molecule has 1 atom stereocenters. The maximum Gasteiger partial charge on any atom is 0.333 e. The van der Waals surface area contributed by atoms with Crippen molar-refractivity contribution in [2.45, 2.75) is 32.7 Å². The number of aromatic nitrogens is 2. The molecule has 7 heteroatoms. The highest BCUT2D eigenvalue weighted by Crippen LogP contribution is 2.29. The number of aryl methyl sites for hydroxylation is 2. The fraction of sp³-hybridized carbons (Fsp3) is 0.750. The SMILES string of the molecule is CCCc1nn(C)c(NC(C)CN(C)C)c1[N+](=O)[O-]. The van der Waals surface area contributed by atoms with E-state index in [2.05, 4.69) is 10.4 Å². The Kier molecular flexibility index (Phi) is 5.29. The summed E-state index contributed by atoms with van der Waals surface area (Å²) >= 11 is 0. The average molecular weight is 269 g/mol. The Labute approximate surface area is 113 Å². The molecule has 0 aliphatic carbocycles. The summed E-state index contributed by atoms with van der Waals surface area (Å²) in [6, 6.07) is 0.110. The van der Waals surface area contributed by atoms with Crippen molar-refractivity contribution in [3.8, 4) is 0 Å². The molecule has 0 amide bonds. The van der Waals surface area contributed by atoms with Crippen molar-refractivity contribution < 1.29 is 4.92 Å². The summed E-state index contributed by atoms with van der Waals surface area (Å²) in [5, 5.41) is 18.7. The van der Waals surface area contributed by atoms with Crippen molar-refractivity contribution in [1.29, 1.82) is 0 Å². The number of nitrogens with zero attached hydrogens (tertiary/aromatic N) is 4. The van der Waals surface area contributed by atoms with Crippen LogP contribution in [0, 0.1) is 10.1 Å². The topological polar surface area (TPSA) is 76.2 Å². The van der Waals surface area contributed by atoms with Gasteiger partial charge in [-0.2, -0.15) is 5.10 Å². The number of likely N-dealkylation sites (N-methyl/N-ethyl adjacent to an activating group) is 1. The van der Waals surface area contributed by atoms with Crippen molar-refractivity contribution in [2.24, 2.45) is 7.05 Å². The molecule has 0 aliphatic heterocycles. The highest BCUT2D eigenvalue weighted by Gasteiger charge is 2.26. The molecular weight excluding hydrogens is 246 g/mol. The predicted octanol–water partition coefficient (Wildman–Crippen LogP) is 1.64. The zero-order valence-corrected chi connectivity index (χ0v) is 12.3. The summed E-state index contributed by atoms with van der Waals surface area (Å²) in [6.45, 7) is 4.78. The first-order chi connectivity index (χ1) is 8.86. The van der Waals surface area contributed by atoms with Gasteiger partial charge in [0.05, 0.1) is 4.92 Å². The van der Waals surface area contributed by atoms with Gasteiger partial charge in [0.2, 0.25) is 5.82 Å².